The lowest BCUT2D eigenvalue weighted by Crippen LogP contribution is -2.50. The third kappa shape index (κ3) is 4.25. The summed E-state index contributed by atoms with van der Waals surface area (Å²) in [5.74, 6) is -0.508. The lowest BCUT2D eigenvalue weighted by molar-refractivity contribution is -0.348. The highest BCUT2D eigenvalue weighted by atomic mass is 19.4. The fraction of sp³-hybridized carbons (Fsp3) is 0.292. The molecule has 3 rings (SSSR count). The molecule has 0 fully saturated rings. The normalized spacial score (nSPS) is 12.8. The van der Waals surface area contributed by atoms with Gasteiger partial charge in [-0.2, -0.15) is 26.3 Å². The number of hydrogen-bond donors (Lipinski definition) is 0. The van der Waals surface area contributed by atoms with Crippen molar-refractivity contribution in [2.75, 3.05) is 11.9 Å². The Morgan fingerprint density at radius 3 is 2.00 bits per heavy atom. The van der Waals surface area contributed by atoms with Crippen LogP contribution in [-0.4, -0.2) is 33.2 Å². The van der Waals surface area contributed by atoms with Crippen molar-refractivity contribution >= 4 is 35.7 Å². The second-order valence-electron chi connectivity index (χ2n) is 8.24. The van der Waals surface area contributed by atoms with Crippen LogP contribution in [0.4, 0.5) is 36.4 Å². The van der Waals surface area contributed by atoms with Crippen LogP contribution in [0.2, 0.25) is 0 Å². The number of halogens is 7. The smallest absolute Gasteiger partial charge is 0.311 e. The maximum Gasteiger partial charge on any atom is 0.435 e. The number of hydrogen-bond acceptors (Lipinski definition) is 1. The predicted octanol–water partition coefficient (Wildman–Crippen LogP) is 5.54. The molecule has 0 aliphatic heterocycles. The van der Waals surface area contributed by atoms with Crippen LogP contribution in [0.3, 0.4) is 0 Å². The Balaban J connectivity index is 2.10. The van der Waals surface area contributed by atoms with Gasteiger partial charge in [-0.1, -0.05) is 42.7 Å². The molecule has 0 spiro atoms. The second kappa shape index (κ2) is 8.63. The SMILES string of the molecule is Bc1ccc2cc(C(=O)N(C)c3c(C)cc(C(F)(C(F)(F)F)C(F)(F)F)cc3CC)ccc2c1. The van der Waals surface area contributed by atoms with Gasteiger partial charge in [-0.05, 0) is 53.4 Å². The summed E-state index contributed by atoms with van der Waals surface area (Å²) >= 11 is 0. The largest absolute Gasteiger partial charge is 0.435 e. The quantitative estimate of drug-likeness (QED) is 0.353. The summed E-state index contributed by atoms with van der Waals surface area (Å²) in [6.45, 7) is 2.75. The number of fused-ring (bicyclic) bond motifs is 1. The zero-order chi connectivity index (χ0) is 25.6. The van der Waals surface area contributed by atoms with Crippen LogP contribution in [0.15, 0.2) is 48.5 Å². The van der Waals surface area contributed by atoms with E-state index in [-0.39, 0.29) is 28.8 Å². The van der Waals surface area contributed by atoms with E-state index in [0.29, 0.717) is 12.1 Å². The standard InChI is InChI=1S/C24H21BF7NO/c1-4-14-11-18(22(26,23(27,28)29)24(30,31)32)9-13(2)20(14)33(3)21(34)17-6-5-16-12-19(25)8-7-15(16)10-17/h5-12H,4,25H2,1-3H3. The number of aryl methyl sites for hydroxylation is 2. The topological polar surface area (TPSA) is 20.3 Å². The molecule has 0 bridgehead atoms. The maximum atomic E-state index is 14.6. The molecule has 0 aliphatic rings. The van der Waals surface area contributed by atoms with Crippen molar-refractivity contribution in [1.29, 1.82) is 0 Å². The first kappa shape index (κ1) is 25.6. The Bertz CT molecular complexity index is 1240. The molecule has 0 atom stereocenters. The van der Waals surface area contributed by atoms with Crippen LogP contribution in [0.25, 0.3) is 10.8 Å². The summed E-state index contributed by atoms with van der Waals surface area (Å²) < 4.78 is 94.2. The molecule has 0 unspecified atom stereocenters. The van der Waals surface area contributed by atoms with Crippen molar-refractivity contribution in [3.63, 3.8) is 0 Å². The van der Waals surface area contributed by atoms with E-state index in [9.17, 15) is 35.5 Å². The minimum Gasteiger partial charge on any atom is -0.311 e. The summed E-state index contributed by atoms with van der Waals surface area (Å²) in [5.41, 5.74) is -5.75. The minimum absolute atomic E-state index is 0.0159. The van der Waals surface area contributed by atoms with Crippen molar-refractivity contribution in [3.05, 3.63) is 70.8 Å². The molecule has 0 radical (unpaired) electrons. The number of amides is 1. The number of carbonyl (C=O) groups excluding carboxylic acids is 1. The Morgan fingerprint density at radius 2 is 1.44 bits per heavy atom. The average molecular weight is 483 g/mol. The molecular weight excluding hydrogens is 462 g/mol. The van der Waals surface area contributed by atoms with E-state index in [2.05, 4.69) is 0 Å². The zero-order valence-electron chi connectivity index (χ0n) is 18.8. The Hall–Kier alpha value is -3.04. The van der Waals surface area contributed by atoms with E-state index in [1.54, 1.807) is 18.2 Å². The predicted molar refractivity (Wildman–Crippen MR) is 120 cm³/mol. The van der Waals surface area contributed by atoms with Crippen molar-refractivity contribution in [3.8, 4) is 0 Å². The van der Waals surface area contributed by atoms with Crippen LogP contribution >= 0.6 is 0 Å². The van der Waals surface area contributed by atoms with Crippen LogP contribution in [0.5, 0.6) is 0 Å². The highest BCUT2D eigenvalue weighted by Gasteiger charge is 2.73. The molecule has 180 valence electrons. The first-order valence-corrected chi connectivity index (χ1v) is 10.4. The van der Waals surface area contributed by atoms with Gasteiger partial charge < -0.3 is 4.90 Å². The van der Waals surface area contributed by atoms with E-state index in [0.717, 1.165) is 21.1 Å². The summed E-state index contributed by atoms with van der Waals surface area (Å²) in [5, 5.41) is 1.71. The van der Waals surface area contributed by atoms with Gasteiger partial charge in [0.15, 0.2) is 0 Å². The average Bonchev–Trinajstić information content (AvgIpc) is 2.74. The van der Waals surface area contributed by atoms with Gasteiger partial charge in [0.1, 0.15) is 7.85 Å². The van der Waals surface area contributed by atoms with Crippen LogP contribution in [0.1, 0.15) is 34.0 Å². The molecule has 34 heavy (non-hydrogen) atoms. The number of anilines is 1. The van der Waals surface area contributed by atoms with Gasteiger partial charge in [0.25, 0.3) is 5.91 Å². The fourth-order valence-electron chi connectivity index (χ4n) is 4.08. The van der Waals surface area contributed by atoms with E-state index < -0.39 is 29.5 Å². The molecule has 0 aliphatic carbocycles. The van der Waals surface area contributed by atoms with Gasteiger partial charge in [0, 0.05) is 23.9 Å². The number of rotatable bonds is 4. The third-order valence-electron chi connectivity index (χ3n) is 5.82. The van der Waals surface area contributed by atoms with Crippen molar-refractivity contribution in [2.24, 2.45) is 0 Å². The van der Waals surface area contributed by atoms with Crippen molar-refractivity contribution in [1.82, 2.24) is 0 Å². The van der Waals surface area contributed by atoms with Crippen molar-refractivity contribution in [2.45, 2.75) is 38.3 Å². The molecule has 3 aromatic rings. The molecule has 0 aromatic heterocycles. The molecule has 10 heteroatoms. The van der Waals surface area contributed by atoms with Gasteiger partial charge in [-0.3, -0.25) is 4.79 Å². The molecular formula is C24H21BF7NO. The monoisotopic (exact) mass is 483 g/mol. The highest BCUT2D eigenvalue weighted by Crippen LogP contribution is 2.54. The lowest BCUT2D eigenvalue weighted by Gasteiger charge is -2.32. The molecule has 0 N–H and O–H groups in total. The summed E-state index contributed by atoms with van der Waals surface area (Å²) in [7, 11) is 3.30. The fourth-order valence-corrected chi connectivity index (χ4v) is 4.08. The highest BCUT2D eigenvalue weighted by molar-refractivity contribution is 6.33. The van der Waals surface area contributed by atoms with Gasteiger partial charge in [-0.25, -0.2) is 4.39 Å². The molecule has 1 amide bonds. The first-order chi connectivity index (χ1) is 15.6. The molecule has 0 saturated carbocycles. The van der Waals surface area contributed by atoms with Gasteiger partial charge >= 0.3 is 18.0 Å². The molecule has 0 heterocycles. The molecule has 0 saturated heterocycles. The Kier molecular flexibility index (Phi) is 6.50. The summed E-state index contributed by atoms with van der Waals surface area (Å²) in [6, 6.07) is 11.7. The molecule has 2 nitrogen and oxygen atoms in total. The second-order valence-corrected chi connectivity index (χ2v) is 8.24. The Labute approximate surface area is 192 Å². The Morgan fingerprint density at radius 1 is 0.882 bits per heavy atom. The maximum absolute atomic E-state index is 14.6. The van der Waals surface area contributed by atoms with Gasteiger partial charge in [0.2, 0.25) is 0 Å². The van der Waals surface area contributed by atoms with E-state index in [1.165, 1.54) is 20.9 Å². The van der Waals surface area contributed by atoms with Crippen LogP contribution in [0, 0.1) is 6.92 Å². The lowest BCUT2D eigenvalue weighted by atomic mass is 9.89. The summed E-state index contributed by atoms with van der Waals surface area (Å²) in [6.07, 6.45) is -12.4. The van der Waals surface area contributed by atoms with E-state index in [1.807, 2.05) is 26.0 Å². The van der Waals surface area contributed by atoms with E-state index in [4.69, 9.17) is 0 Å². The van der Waals surface area contributed by atoms with Gasteiger partial charge in [-0.15, -0.1) is 0 Å². The number of nitrogens with zero attached hydrogens (tertiary/aromatic N) is 1. The van der Waals surface area contributed by atoms with Crippen molar-refractivity contribution < 1.29 is 35.5 Å². The number of alkyl halides is 7. The van der Waals surface area contributed by atoms with Gasteiger partial charge in [0.05, 0.1) is 0 Å². The van der Waals surface area contributed by atoms with E-state index >= 15 is 0 Å². The minimum atomic E-state index is -6.21. The van der Waals surface area contributed by atoms with Crippen LogP contribution < -0.4 is 10.4 Å². The first-order valence-electron chi connectivity index (χ1n) is 10.4. The molecule has 3 aromatic carbocycles. The zero-order valence-corrected chi connectivity index (χ0v) is 18.8. The number of carbonyl (C=O) groups is 1. The third-order valence-corrected chi connectivity index (χ3v) is 5.82. The van der Waals surface area contributed by atoms with Crippen LogP contribution in [-0.2, 0) is 12.1 Å². The summed E-state index contributed by atoms with van der Waals surface area (Å²) in [4.78, 5) is 14.3. The number of benzene rings is 3.